The molecular weight excluding hydrogens is 290 g/mol. The van der Waals surface area contributed by atoms with Crippen LogP contribution in [0.1, 0.15) is 16.7 Å². The highest BCUT2D eigenvalue weighted by atomic mass is 79.9. The quantitative estimate of drug-likeness (QED) is 0.803. The van der Waals surface area contributed by atoms with Gasteiger partial charge in [-0.15, -0.1) is 0 Å². The summed E-state index contributed by atoms with van der Waals surface area (Å²) < 4.78 is 6.64. The third kappa shape index (κ3) is 2.91. The van der Waals surface area contributed by atoms with Crippen molar-refractivity contribution in [2.75, 3.05) is 0 Å². The van der Waals surface area contributed by atoms with Crippen molar-refractivity contribution in [3.8, 4) is 17.6 Å². The summed E-state index contributed by atoms with van der Waals surface area (Å²) in [6.07, 6.45) is 0. The highest BCUT2D eigenvalue weighted by Crippen LogP contribution is 2.28. The van der Waals surface area contributed by atoms with Crippen molar-refractivity contribution in [2.45, 2.75) is 13.8 Å². The summed E-state index contributed by atoms with van der Waals surface area (Å²) in [6, 6.07) is 13.5. The number of aryl methyl sites for hydroxylation is 2. The molecule has 18 heavy (non-hydrogen) atoms. The van der Waals surface area contributed by atoms with Crippen LogP contribution in [0, 0.1) is 25.2 Å². The fraction of sp³-hybridized carbons (Fsp3) is 0.133. The molecule has 0 spiro atoms. The van der Waals surface area contributed by atoms with E-state index in [1.807, 2.05) is 32.0 Å². The van der Waals surface area contributed by atoms with E-state index in [-0.39, 0.29) is 0 Å². The molecule has 0 atom stereocenters. The minimum atomic E-state index is 0.573. The van der Waals surface area contributed by atoms with Gasteiger partial charge in [0.05, 0.1) is 11.6 Å². The zero-order valence-corrected chi connectivity index (χ0v) is 11.8. The van der Waals surface area contributed by atoms with Crippen LogP contribution in [0.2, 0.25) is 0 Å². The third-order valence-corrected chi connectivity index (χ3v) is 3.02. The van der Waals surface area contributed by atoms with E-state index in [9.17, 15) is 0 Å². The zero-order valence-electron chi connectivity index (χ0n) is 10.2. The second-order valence-corrected chi connectivity index (χ2v) is 5.07. The summed E-state index contributed by atoms with van der Waals surface area (Å²) in [7, 11) is 0. The SMILES string of the molecule is Cc1ccc(Oc2cc(Br)cc(C#N)c2)c(C)c1. The first-order chi connectivity index (χ1) is 8.58. The maximum absolute atomic E-state index is 8.92. The molecule has 2 nitrogen and oxygen atoms in total. The second kappa shape index (κ2) is 5.24. The minimum absolute atomic E-state index is 0.573. The summed E-state index contributed by atoms with van der Waals surface area (Å²) in [5.41, 5.74) is 2.85. The van der Waals surface area contributed by atoms with Gasteiger partial charge in [0, 0.05) is 4.47 Å². The minimum Gasteiger partial charge on any atom is -0.457 e. The van der Waals surface area contributed by atoms with Crippen LogP contribution in [0.15, 0.2) is 40.9 Å². The van der Waals surface area contributed by atoms with E-state index < -0.39 is 0 Å². The number of rotatable bonds is 2. The van der Waals surface area contributed by atoms with E-state index >= 15 is 0 Å². The van der Waals surface area contributed by atoms with Gasteiger partial charge in [0.15, 0.2) is 0 Å². The first kappa shape index (κ1) is 12.7. The van der Waals surface area contributed by atoms with Crippen LogP contribution >= 0.6 is 15.9 Å². The van der Waals surface area contributed by atoms with Gasteiger partial charge in [-0.05, 0) is 43.7 Å². The van der Waals surface area contributed by atoms with Gasteiger partial charge in [0.1, 0.15) is 11.5 Å². The number of nitriles is 1. The van der Waals surface area contributed by atoms with Gasteiger partial charge >= 0.3 is 0 Å². The number of hydrogen-bond acceptors (Lipinski definition) is 2. The molecule has 2 rings (SSSR count). The molecule has 0 heterocycles. The van der Waals surface area contributed by atoms with Gasteiger partial charge in [-0.1, -0.05) is 33.6 Å². The van der Waals surface area contributed by atoms with Crippen molar-refractivity contribution in [2.24, 2.45) is 0 Å². The first-order valence-electron chi connectivity index (χ1n) is 5.54. The molecule has 0 aromatic heterocycles. The van der Waals surface area contributed by atoms with Gasteiger partial charge < -0.3 is 4.74 Å². The maximum atomic E-state index is 8.92. The molecule has 0 amide bonds. The number of nitrogens with zero attached hydrogens (tertiary/aromatic N) is 1. The molecule has 0 radical (unpaired) electrons. The van der Waals surface area contributed by atoms with Crippen molar-refractivity contribution in [3.05, 3.63) is 57.6 Å². The molecular formula is C15H12BrNO. The topological polar surface area (TPSA) is 33.0 Å². The van der Waals surface area contributed by atoms with E-state index in [1.165, 1.54) is 5.56 Å². The van der Waals surface area contributed by atoms with E-state index in [4.69, 9.17) is 10.00 Å². The summed E-state index contributed by atoms with van der Waals surface area (Å²) in [6.45, 7) is 4.05. The first-order valence-corrected chi connectivity index (χ1v) is 6.33. The fourth-order valence-corrected chi connectivity index (χ4v) is 2.20. The number of hydrogen-bond donors (Lipinski definition) is 0. The molecule has 0 aliphatic heterocycles. The summed E-state index contributed by atoms with van der Waals surface area (Å²) >= 11 is 3.37. The van der Waals surface area contributed by atoms with Crippen molar-refractivity contribution in [1.82, 2.24) is 0 Å². The summed E-state index contributed by atoms with van der Waals surface area (Å²) in [4.78, 5) is 0. The Morgan fingerprint density at radius 3 is 2.56 bits per heavy atom. The number of benzene rings is 2. The van der Waals surface area contributed by atoms with Crippen molar-refractivity contribution >= 4 is 15.9 Å². The van der Waals surface area contributed by atoms with Gasteiger partial charge in [-0.25, -0.2) is 0 Å². The van der Waals surface area contributed by atoms with E-state index in [2.05, 4.69) is 28.1 Å². The molecule has 0 N–H and O–H groups in total. The van der Waals surface area contributed by atoms with Gasteiger partial charge in [0.2, 0.25) is 0 Å². The van der Waals surface area contributed by atoms with Crippen LogP contribution in [-0.2, 0) is 0 Å². The lowest BCUT2D eigenvalue weighted by atomic mass is 10.1. The standard InChI is InChI=1S/C15H12BrNO/c1-10-3-4-15(11(2)5-10)18-14-7-12(9-17)6-13(16)8-14/h3-8H,1-2H3. The highest BCUT2D eigenvalue weighted by Gasteiger charge is 2.04. The van der Waals surface area contributed by atoms with Crippen LogP contribution in [0.3, 0.4) is 0 Å². The monoisotopic (exact) mass is 301 g/mol. The Hall–Kier alpha value is -1.79. The maximum Gasteiger partial charge on any atom is 0.130 e. The highest BCUT2D eigenvalue weighted by molar-refractivity contribution is 9.10. The van der Waals surface area contributed by atoms with Crippen LogP contribution in [-0.4, -0.2) is 0 Å². The summed E-state index contributed by atoms with van der Waals surface area (Å²) in [5, 5.41) is 8.92. The molecule has 0 fully saturated rings. The lowest BCUT2D eigenvalue weighted by molar-refractivity contribution is 0.478. The van der Waals surface area contributed by atoms with Gasteiger partial charge in [-0.3, -0.25) is 0 Å². The predicted octanol–water partition coefficient (Wildman–Crippen LogP) is 4.73. The van der Waals surface area contributed by atoms with Crippen LogP contribution in [0.25, 0.3) is 0 Å². The molecule has 0 bridgehead atoms. The molecule has 0 saturated carbocycles. The van der Waals surface area contributed by atoms with E-state index in [1.54, 1.807) is 12.1 Å². The average Bonchev–Trinajstić information content (AvgIpc) is 2.32. The summed E-state index contributed by atoms with van der Waals surface area (Å²) in [5.74, 6) is 1.47. The average molecular weight is 302 g/mol. The molecule has 0 aliphatic carbocycles. The smallest absolute Gasteiger partial charge is 0.130 e. The molecule has 0 aliphatic rings. The predicted molar refractivity (Wildman–Crippen MR) is 74.8 cm³/mol. The fourth-order valence-electron chi connectivity index (χ4n) is 1.73. The normalized spacial score (nSPS) is 9.89. The lowest BCUT2D eigenvalue weighted by Gasteiger charge is -2.10. The lowest BCUT2D eigenvalue weighted by Crippen LogP contribution is -1.89. The van der Waals surface area contributed by atoms with Crippen LogP contribution in [0.5, 0.6) is 11.5 Å². The Bertz CT molecular complexity index is 629. The molecule has 90 valence electrons. The largest absolute Gasteiger partial charge is 0.457 e. The van der Waals surface area contributed by atoms with Crippen molar-refractivity contribution in [1.29, 1.82) is 5.26 Å². The molecule has 2 aromatic rings. The van der Waals surface area contributed by atoms with E-state index in [0.29, 0.717) is 11.3 Å². The Kier molecular flexibility index (Phi) is 3.69. The number of halogens is 1. The van der Waals surface area contributed by atoms with Crippen LogP contribution in [0.4, 0.5) is 0 Å². The van der Waals surface area contributed by atoms with Crippen molar-refractivity contribution in [3.63, 3.8) is 0 Å². The second-order valence-electron chi connectivity index (χ2n) is 4.16. The van der Waals surface area contributed by atoms with Crippen molar-refractivity contribution < 1.29 is 4.74 Å². The molecule has 0 saturated heterocycles. The zero-order chi connectivity index (χ0) is 13.1. The Labute approximate surface area is 115 Å². The number of ether oxygens (including phenoxy) is 1. The third-order valence-electron chi connectivity index (χ3n) is 2.56. The van der Waals surface area contributed by atoms with Gasteiger partial charge in [-0.2, -0.15) is 5.26 Å². The molecule has 2 aromatic carbocycles. The van der Waals surface area contributed by atoms with Gasteiger partial charge in [0.25, 0.3) is 0 Å². The molecule has 3 heteroatoms. The Balaban J connectivity index is 2.34. The Morgan fingerprint density at radius 2 is 1.89 bits per heavy atom. The molecule has 0 unspecified atom stereocenters. The van der Waals surface area contributed by atoms with E-state index in [0.717, 1.165) is 15.8 Å². The Morgan fingerprint density at radius 1 is 1.11 bits per heavy atom. The van der Waals surface area contributed by atoms with Crippen LogP contribution < -0.4 is 4.74 Å².